The fourth-order valence-corrected chi connectivity index (χ4v) is 9.53. The van der Waals surface area contributed by atoms with Crippen molar-refractivity contribution in [2.24, 2.45) is 22.7 Å². The van der Waals surface area contributed by atoms with Crippen LogP contribution in [0, 0.1) is 22.7 Å². The maximum Gasteiger partial charge on any atom is 0.193 e. The summed E-state index contributed by atoms with van der Waals surface area (Å²) in [6, 6.07) is 13.8. The SMILES string of the molecule is C[C@]12C=CC(=O)C=C1[C@@H](F)C[C@H]1[C@@H]3C[C@H]4O[C@@H](c5ccc(C(=O)Cc6cccc(N)c6)cc5)O[C@@]4(C(=O)CO)[C@@]3(C)C[C@H](O)[C@@]12F. The average Bonchev–Trinajstić information content (AvgIpc) is 3.52. The Kier molecular flexibility index (Phi) is 7.07. The van der Waals surface area contributed by atoms with E-state index >= 15 is 8.78 Å². The van der Waals surface area contributed by atoms with Crippen molar-refractivity contribution in [1.82, 2.24) is 0 Å². The van der Waals surface area contributed by atoms with Gasteiger partial charge in [0.15, 0.2) is 34.9 Å². The number of hydrogen-bond acceptors (Lipinski definition) is 8. The molecular weight excluding hydrogens is 596 g/mol. The topological polar surface area (TPSA) is 136 Å². The number of fused-ring (bicyclic) bond motifs is 7. The number of benzene rings is 2. The van der Waals surface area contributed by atoms with E-state index in [1.54, 1.807) is 49.4 Å². The fourth-order valence-electron chi connectivity index (χ4n) is 9.53. The molecule has 5 aliphatic rings. The third-order valence-electron chi connectivity index (χ3n) is 11.7. The van der Waals surface area contributed by atoms with Crippen molar-refractivity contribution in [1.29, 1.82) is 0 Å². The average molecular weight is 634 g/mol. The Morgan fingerprint density at radius 3 is 2.52 bits per heavy atom. The molecule has 0 spiro atoms. The first-order chi connectivity index (χ1) is 21.8. The predicted molar refractivity (Wildman–Crippen MR) is 163 cm³/mol. The summed E-state index contributed by atoms with van der Waals surface area (Å²) >= 11 is 0. The molecule has 0 unspecified atom stereocenters. The van der Waals surface area contributed by atoms with Crippen LogP contribution in [0.2, 0.25) is 0 Å². The van der Waals surface area contributed by atoms with Gasteiger partial charge >= 0.3 is 0 Å². The number of hydrogen-bond donors (Lipinski definition) is 3. The number of halogens is 2. The summed E-state index contributed by atoms with van der Waals surface area (Å²) in [4.78, 5) is 38.8. The lowest BCUT2D eigenvalue weighted by atomic mass is 9.44. The minimum absolute atomic E-state index is 0.0168. The quantitative estimate of drug-likeness (QED) is 0.316. The molecule has 242 valence electrons. The molecule has 1 heterocycles. The maximum absolute atomic E-state index is 17.6. The molecule has 10 atom stereocenters. The Bertz CT molecular complexity index is 1690. The third-order valence-corrected chi connectivity index (χ3v) is 11.7. The molecule has 7 rings (SSSR count). The number of allylic oxidation sites excluding steroid dienone is 4. The normalized spacial score (nSPS) is 40.8. The maximum atomic E-state index is 17.6. The van der Waals surface area contributed by atoms with Gasteiger partial charge in [0.05, 0.1) is 12.2 Å². The molecule has 4 aliphatic carbocycles. The first-order valence-electron chi connectivity index (χ1n) is 15.7. The van der Waals surface area contributed by atoms with E-state index in [1.165, 1.54) is 19.1 Å². The number of ether oxygens (including phenoxy) is 2. The van der Waals surface area contributed by atoms with E-state index in [4.69, 9.17) is 15.2 Å². The fraction of sp³-hybridized carbons (Fsp3) is 0.472. The van der Waals surface area contributed by atoms with E-state index in [2.05, 4.69) is 0 Å². The Balaban J connectivity index is 1.19. The van der Waals surface area contributed by atoms with Gasteiger partial charge in [-0.25, -0.2) is 8.78 Å². The lowest BCUT2D eigenvalue weighted by Gasteiger charge is -2.63. The minimum Gasteiger partial charge on any atom is -0.399 e. The van der Waals surface area contributed by atoms with Crippen LogP contribution in [0.4, 0.5) is 14.5 Å². The molecule has 0 amide bonds. The van der Waals surface area contributed by atoms with Crippen molar-refractivity contribution in [3.05, 3.63) is 89.0 Å². The second kappa shape index (κ2) is 10.5. The largest absolute Gasteiger partial charge is 0.399 e. The van der Waals surface area contributed by atoms with Gasteiger partial charge in [0.1, 0.15) is 12.8 Å². The van der Waals surface area contributed by atoms with E-state index in [-0.39, 0.29) is 37.0 Å². The monoisotopic (exact) mass is 633 g/mol. The van der Waals surface area contributed by atoms with E-state index in [9.17, 15) is 24.6 Å². The Hall–Kier alpha value is -3.57. The highest BCUT2D eigenvalue weighted by Crippen LogP contribution is 2.72. The van der Waals surface area contributed by atoms with E-state index in [0.29, 0.717) is 16.8 Å². The van der Waals surface area contributed by atoms with Gasteiger partial charge in [-0.1, -0.05) is 49.4 Å². The summed E-state index contributed by atoms with van der Waals surface area (Å²) in [5.74, 6) is -2.86. The smallest absolute Gasteiger partial charge is 0.193 e. The van der Waals surface area contributed by atoms with Crippen LogP contribution in [-0.2, 0) is 25.5 Å². The van der Waals surface area contributed by atoms with Crippen LogP contribution in [0.1, 0.15) is 60.9 Å². The van der Waals surface area contributed by atoms with Crippen molar-refractivity contribution < 1.29 is 42.9 Å². The zero-order valence-electron chi connectivity index (χ0n) is 25.6. The van der Waals surface area contributed by atoms with Crippen molar-refractivity contribution in [2.45, 2.75) is 75.5 Å². The molecule has 1 aliphatic heterocycles. The Morgan fingerprint density at radius 2 is 1.83 bits per heavy atom. The van der Waals surface area contributed by atoms with E-state index < -0.39 is 76.8 Å². The first-order valence-corrected chi connectivity index (χ1v) is 15.7. The van der Waals surface area contributed by atoms with Crippen LogP contribution >= 0.6 is 0 Å². The molecule has 46 heavy (non-hydrogen) atoms. The summed E-state index contributed by atoms with van der Waals surface area (Å²) in [6.07, 6.45) is -1.65. The standard InChI is InChI=1S/C36H37F2NO7/c1-33-11-10-23(41)14-26(33)27(37)15-25-24-16-31-36(30(44)18-40,34(24,2)17-29(43)35(25,33)38)46-32(45-31)21-8-6-20(7-9-21)28(42)13-19-4-3-5-22(39)12-19/h3-12,14,24-25,27,29,31-32,40,43H,13,15-18,39H2,1-2H3/t24-,25-,27-,29-,31+,32+,33-,34-,35-,36+/m0/s1. The number of ketones is 3. The zero-order chi connectivity index (χ0) is 32.8. The van der Waals surface area contributed by atoms with Crippen molar-refractivity contribution in [3.8, 4) is 0 Å². The lowest BCUT2D eigenvalue weighted by Crippen LogP contribution is -2.70. The third kappa shape index (κ3) is 4.06. The number of aliphatic hydroxyl groups is 2. The first kappa shape index (κ1) is 31.1. The number of aliphatic hydroxyl groups excluding tert-OH is 2. The Labute approximate surface area is 265 Å². The molecule has 2 aromatic carbocycles. The van der Waals surface area contributed by atoms with Crippen molar-refractivity contribution in [3.63, 3.8) is 0 Å². The second-order valence-electron chi connectivity index (χ2n) is 14.0. The zero-order valence-corrected chi connectivity index (χ0v) is 25.6. The number of rotatable bonds is 6. The number of nitrogen functional groups attached to an aromatic ring is 1. The van der Waals surface area contributed by atoms with Gasteiger partial charge in [0.2, 0.25) is 0 Å². The highest BCUT2D eigenvalue weighted by molar-refractivity contribution is 6.01. The number of nitrogens with two attached hydrogens (primary N) is 1. The molecule has 2 aromatic rings. The van der Waals surface area contributed by atoms with Gasteiger partial charge in [0, 0.05) is 40.0 Å². The van der Waals surface area contributed by atoms with Gasteiger partial charge < -0.3 is 25.4 Å². The highest BCUT2D eigenvalue weighted by Gasteiger charge is 2.80. The molecule has 0 radical (unpaired) electrons. The molecule has 4 fully saturated rings. The van der Waals surface area contributed by atoms with Crippen LogP contribution in [0.3, 0.4) is 0 Å². The Morgan fingerprint density at radius 1 is 1.09 bits per heavy atom. The highest BCUT2D eigenvalue weighted by atomic mass is 19.1. The molecule has 0 aromatic heterocycles. The number of alkyl halides is 2. The minimum atomic E-state index is -2.32. The number of anilines is 1. The summed E-state index contributed by atoms with van der Waals surface area (Å²) in [5.41, 5.74) is 1.38. The summed E-state index contributed by atoms with van der Waals surface area (Å²) < 4.78 is 46.2. The summed E-state index contributed by atoms with van der Waals surface area (Å²) in [7, 11) is 0. The lowest BCUT2D eigenvalue weighted by molar-refractivity contribution is -0.235. The molecule has 10 heteroatoms. The van der Waals surface area contributed by atoms with Crippen LogP contribution in [0.25, 0.3) is 0 Å². The van der Waals surface area contributed by atoms with Gasteiger partial charge in [-0.3, -0.25) is 14.4 Å². The van der Waals surface area contributed by atoms with Crippen molar-refractivity contribution >= 4 is 23.0 Å². The van der Waals surface area contributed by atoms with E-state index in [1.807, 2.05) is 6.07 Å². The molecule has 3 saturated carbocycles. The summed E-state index contributed by atoms with van der Waals surface area (Å²) in [6.45, 7) is 2.39. The van der Waals surface area contributed by atoms with Gasteiger partial charge in [-0.2, -0.15) is 0 Å². The molecule has 8 nitrogen and oxygen atoms in total. The van der Waals surface area contributed by atoms with Crippen molar-refractivity contribution in [2.75, 3.05) is 12.3 Å². The van der Waals surface area contributed by atoms with Gasteiger partial charge in [-0.15, -0.1) is 0 Å². The number of carbonyl (C=O) groups excluding carboxylic acids is 3. The number of Topliss-reactive ketones (excluding diaryl/α,β-unsaturated/α-hetero) is 2. The predicted octanol–water partition coefficient (Wildman–Crippen LogP) is 4.34. The second-order valence-corrected chi connectivity index (χ2v) is 14.0. The molecule has 0 bridgehead atoms. The van der Waals surface area contributed by atoms with Crippen LogP contribution < -0.4 is 5.73 Å². The van der Waals surface area contributed by atoms with Gasteiger partial charge in [0.25, 0.3) is 0 Å². The number of carbonyl (C=O) groups is 3. The summed E-state index contributed by atoms with van der Waals surface area (Å²) in [5, 5.41) is 21.8. The van der Waals surface area contributed by atoms with Crippen LogP contribution in [0.5, 0.6) is 0 Å². The molecule has 1 saturated heterocycles. The molecule has 4 N–H and O–H groups in total. The van der Waals surface area contributed by atoms with E-state index in [0.717, 1.165) is 11.6 Å². The molecular formula is C36H37F2NO7. The van der Waals surface area contributed by atoms with Gasteiger partial charge in [-0.05, 0) is 67.5 Å². The van der Waals surface area contributed by atoms with Crippen LogP contribution in [-0.4, -0.2) is 63.8 Å². The van der Waals surface area contributed by atoms with Crippen LogP contribution in [0.15, 0.2) is 72.3 Å².